The number of nitrogens with zero attached hydrogens (tertiary/aromatic N) is 1. The maximum atomic E-state index is 12.3. The summed E-state index contributed by atoms with van der Waals surface area (Å²) in [5.41, 5.74) is -0.974. The van der Waals surface area contributed by atoms with Crippen molar-refractivity contribution >= 4 is 17.6 Å². The summed E-state index contributed by atoms with van der Waals surface area (Å²) in [4.78, 5) is 14.1. The van der Waals surface area contributed by atoms with Crippen LogP contribution < -0.4 is 0 Å². The maximum Gasteiger partial charge on any atom is 0.355 e. The van der Waals surface area contributed by atoms with E-state index in [9.17, 15) is 13.6 Å². The second kappa shape index (κ2) is 4.32. The quantitative estimate of drug-likeness (QED) is 0.798. The first-order valence-electron chi connectivity index (χ1n) is 3.63. The Labute approximate surface area is 83.3 Å². The van der Waals surface area contributed by atoms with Crippen LogP contribution in [0.25, 0.3) is 0 Å². The molecule has 0 aliphatic rings. The molecular formula is C8H6ClF2NO2. The molecule has 0 amide bonds. The van der Waals surface area contributed by atoms with E-state index < -0.39 is 23.7 Å². The third-order valence-electron chi connectivity index (χ3n) is 1.56. The minimum absolute atomic E-state index is 0.0101. The number of hydrogen-bond donors (Lipinski definition) is 1. The minimum atomic E-state index is -2.85. The molecule has 0 aromatic carbocycles. The van der Waals surface area contributed by atoms with Crippen molar-refractivity contribution in [2.24, 2.45) is 0 Å². The Hall–Kier alpha value is -1.23. The van der Waals surface area contributed by atoms with Crippen molar-refractivity contribution in [2.45, 2.75) is 12.3 Å². The van der Waals surface area contributed by atoms with Gasteiger partial charge in [-0.2, -0.15) is 0 Å². The van der Waals surface area contributed by atoms with Crippen LogP contribution in [-0.4, -0.2) is 16.1 Å². The zero-order valence-electron chi connectivity index (χ0n) is 6.88. The molecule has 0 atom stereocenters. The van der Waals surface area contributed by atoms with Crippen LogP contribution in [0.2, 0.25) is 0 Å². The highest BCUT2D eigenvalue weighted by atomic mass is 35.5. The first-order chi connectivity index (χ1) is 6.56. The third kappa shape index (κ3) is 2.17. The highest BCUT2D eigenvalue weighted by Crippen LogP contribution is 2.22. The zero-order valence-corrected chi connectivity index (χ0v) is 7.63. The largest absolute Gasteiger partial charge is 0.476 e. The maximum absolute atomic E-state index is 12.3. The van der Waals surface area contributed by atoms with Crippen molar-refractivity contribution in [1.29, 1.82) is 0 Å². The SMILES string of the molecule is O=C(O)c1nc(CCl)ccc1C(F)F. The summed E-state index contributed by atoms with van der Waals surface area (Å²) in [6.07, 6.45) is -2.85. The Balaban J connectivity index is 3.24. The third-order valence-corrected chi connectivity index (χ3v) is 1.83. The summed E-state index contributed by atoms with van der Waals surface area (Å²) >= 11 is 5.39. The summed E-state index contributed by atoms with van der Waals surface area (Å²) < 4.78 is 24.6. The Bertz CT molecular complexity index is 357. The average molecular weight is 222 g/mol. The van der Waals surface area contributed by atoms with E-state index in [4.69, 9.17) is 16.7 Å². The number of hydrogen-bond acceptors (Lipinski definition) is 2. The number of aromatic nitrogens is 1. The van der Waals surface area contributed by atoms with Crippen LogP contribution in [0.3, 0.4) is 0 Å². The first kappa shape index (κ1) is 10.8. The number of aromatic carboxylic acids is 1. The van der Waals surface area contributed by atoms with Crippen LogP contribution in [0, 0.1) is 0 Å². The molecule has 3 nitrogen and oxygen atoms in total. The van der Waals surface area contributed by atoms with Crippen LogP contribution >= 0.6 is 11.6 Å². The highest BCUT2D eigenvalue weighted by Gasteiger charge is 2.19. The van der Waals surface area contributed by atoms with Gasteiger partial charge in [-0.3, -0.25) is 0 Å². The fourth-order valence-corrected chi connectivity index (χ4v) is 1.08. The lowest BCUT2D eigenvalue weighted by Gasteiger charge is -2.04. The number of carboxylic acid groups (broad SMARTS) is 1. The van der Waals surface area contributed by atoms with Crippen molar-refractivity contribution in [3.8, 4) is 0 Å². The molecule has 0 aliphatic carbocycles. The number of rotatable bonds is 3. The monoisotopic (exact) mass is 221 g/mol. The average Bonchev–Trinajstić information content (AvgIpc) is 2.16. The zero-order chi connectivity index (χ0) is 10.7. The van der Waals surface area contributed by atoms with Crippen LogP contribution in [0.1, 0.15) is 28.2 Å². The van der Waals surface area contributed by atoms with Gasteiger partial charge >= 0.3 is 5.97 Å². The molecule has 14 heavy (non-hydrogen) atoms. The second-order valence-electron chi connectivity index (χ2n) is 2.48. The van der Waals surface area contributed by atoms with Gasteiger partial charge in [0.2, 0.25) is 0 Å². The van der Waals surface area contributed by atoms with Crippen molar-refractivity contribution < 1.29 is 18.7 Å². The Morgan fingerprint density at radius 3 is 2.64 bits per heavy atom. The Morgan fingerprint density at radius 2 is 2.21 bits per heavy atom. The molecule has 0 bridgehead atoms. The molecule has 76 valence electrons. The molecule has 0 fully saturated rings. The predicted molar refractivity (Wildman–Crippen MR) is 45.7 cm³/mol. The van der Waals surface area contributed by atoms with Gasteiger partial charge in [0.1, 0.15) is 0 Å². The molecule has 1 aromatic heterocycles. The van der Waals surface area contributed by atoms with E-state index in [-0.39, 0.29) is 11.6 Å². The van der Waals surface area contributed by atoms with Crippen molar-refractivity contribution in [3.05, 3.63) is 29.1 Å². The lowest BCUT2D eigenvalue weighted by molar-refractivity contribution is 0.0677. The van der Waals surface area contributed by atoms with E-state index in [1.54, 1.807) is 0 Å². The van der Waals surface area contributed by atoms with Gasteiger partial charge in [0, 0.05) is 0 Å². The van der Waals surface area contributed by atoms with Gasteiger partial charge in [-0.1, -0.05) is 0 Å². The van der Waals surface area contributed by atoms with Gasteiger partial charge in [0.25, 0.3) is 6.43 Å². The molecule has 0 saturated heterocycles. The summed E-state index contributed by atoms with van der Waals surface area (Å²) in [6, 6.07) is 2.31. The molecule has 0 radical (unpaired) electrons. The van der Waals surface area contributed by atoms with E-state index in [1.807, 2.05) is 0 Å². The molecule has 0 saturated carbocycles. The number of halogens is 3. The van der Waals surface area contributed by atoms with Crippen LogP contribution in [0.4, 0.5) is 8.78 Å². The van der Waals surface area contributed by atoms with Crippen LogP contribution in [-0.2, 0) is 5.88 Å². The predicted octanol–water partition coefficient (Wildman–Crippen LogP) is 2.46. The summed E-state index contributed by atoms with van der Waals surface area (Å²) in [5, 5.41) is 8.60. The fourth-order valence-electron chi connectivity index (χ4n) is 0.932. The van der Waals surface area contributed by atoms with Gasteiger partial charge in [0.05, 0.1) is 17.1 Å². The molecular weight excluding hydrogens is 216 g/mol. The van der Waals surface area contributed by atoms with E-state index in [1.165, 1.54) is 6.07 Å². The molecule has 1 aromatic rings. The van der Waals surface area contributed by atoms with Gasteiger partial charge in [0.15, 0.2) is 5.69 Å². The van der Waals surface area contributed by atoms with Gasteiger partial charge in [-0.05, 0) is 12.1 Å². The van der Waals surface area contributed by atoms with Crippen molar-refractivity contribution in [3.63, 3.8) is 0 Å². The molecule has 0 unspecified atom stereocenters. The molecule has 1 heterocycles. The molecule has 1 rings (SSSR count). The van der Waals surface area contributed by atoms with Crippen molar-refractivity contribution in [1.82, 2.24) is 4.98 Å². The topological polar surface area (TPSA) is 50.2 Å². The van der Waals surface area contributed by atoms with Crippen molar-refractivity contribution in [2.75, 3.05) is 0 Å². The molecule has 0 aliphatic heterocycles. The number of pyridine rings is 1. The summed E-state index contributed by atoms with van der Waals surface area (Å²) in [5.74, 6) is -1.49. The Morgan fingerprint density at radius 1 is 1.57 bits per heavy atom. The summed E-state index contributed by atoms with van der Waals surface area (Å²) in [7, 11) is 0. The van der Waals surface area contributed by atoms with E-state index in [0.29, 0.717) is 0 Å². The van der Waals surface area contributed by atoms with E-state index in [0.717, 1.165) is 6.07 Å². The second-order valence-corrected chi connectivity index (χ2v) is 2.75. The van der Waals surface area contributed by atoms with Crippen LogP contribution in [0.15, 0.2) is 12.1 Å². The van der Waals surface area contributed by atoms with E-state index in [2.05, 4.69) is 4.98 Å². The lowest BCUT2D eigenvalue weighted by atomic mass is 10.2. The normalized spacial score (nSPS) is 10.6. The number of alkyl halides is 3. The van der Waals surface area contributed by atoms with Gasteiger partial charge < -0.3 is 5.11 Å². The highest BCUT2D eigenvalue weighted by molar-refractivity contribution is 6.16. The molecule has 1 N–H and O–H groups in total. The standard InChI is InChI=1S/C8H6ClF2NO2/c9-3-4-1-2-5(7(10)11)6(12-4)8(13)14/h1-2,7H,3H2,(H,13,14). The fraction of sp³-hybridized carbons (Fsp3) is 0.250. The minimum Gasteiger partial charge on any atom is -0.476 e. The van der Waals surface area contributed by atoms with E-state index >= 15 is 0 Å². The van der Waals surface area contributed by atoms with Crippen LogP contribution in [0.5, 0.6) is 0 Å². The first-order valence-corrected chi connectivity index (χ1v) is 4.17. The van der Waals surface area contributed by atoms with Gasteiger partial charge in [-0.25, -0.2) is 18.6 Å². The molecule has 6 heteroatoms. The Kier molecular flexibility index (Phi) is 3.35. The molecule has 0 spiro atoms. The number of carbonyl (C=O) groups is 1. The number of carboxylic acids is 1. The van der Waals surface area contributed by atoms with Gasteiger partial charge in [-0.15, -0.1) is 11.6 Å². The smallest absolute Gasteiger partial charge is 0.355 e. The summed E-state index contributed by atoms with van der Waals surface area (Å²) in [6.45, 7) is 0. The lowest BCUT2D eigenvalue weighted by Crippen LogP contribution is -2.07.